The van der Waals surface area contributed by atoms with E-state index in [0.29, 0.717) is 36.8 Å². The highest BCUT2D eigenvalue weighted by Crippen LogP contribution is 2.39. The first-order chi connectivity index (χ1) is 11.6. The van der Waals surface area contributed by atoms with E-state index in [-0.39, 0.29) is 11.9 Å². The first-order valence-corrected chi connectivity index (χ1v) is 8.16. The lowest BCUT2D eigenvalue weighted by atomic mass is 10.2. The van der Waals surface area contributed by atoms with Crippen molar-refractivity contribution in [3.63, 3.8) is 0 Å². The van der Waals surface area contributed by atoms with E-state index in [0.717, 1.165) is 24.6 Å². The van der Waals surface area contributed by atoms with E-state index >= 15 is 0 Å². The molecule has 2 heterocycles. The number of aromatic nitrogens is 2. The Labute approximate surface area is 138 Å². The lowest BCUT2D eigenvalue weighted by Gasteiger charge is -2.19. The molecule has 126 valence electrons. The normalized spacial score (nSPS) is 20.4. The van der Waals surface area contributed by atoms with E-state index in [4.69, 9.17) is 0 Å². The lowest BCUT2D eigenvalue weighted by molar-refractivity contribution is 0.0935. The molecule has 0 bridgehead atoms. The largest absolute Gasteiger partial charge is 0.367 e. The Morgan fingerprint density at radius 1 is 1.25 bits per heavy atom. The van der Waals surface area contributed by atoms with Gasteiger partial charge in [0.2, 0.25) is 0 Å². The average Bonchev–Trinajstić information content (AvgIpc) is 3.09. The van der Waals surface area contributed by atoms with Crippen molar-refractivity contribution < 1.29 is 13.6 Å². The van der Waals surface area contributed by atoms with Crippen molar-refractivity contribution in [2.45, 2.75) is 31.2 Å². The predicted molar refractivity (Wildman–Crippen MR) is 85.0 cm³/mol. The van der Waals surface area contributed by atoms with Crippen LogP contribution >= 0.6 is 0 Å². The Bertz CT molecular complexity index is 772. The second-order valence-corrected chi connectivity index (χ2v) is 6.48. The van der Waals surface area contributed by atoms with Crippen LogP contribution in [-0.2, 0) is 0 Å². The van der Waals surface area contributed by atoms with Crippen LogP contribution in [0.25, 0.3) is 0 Å². The highest BCUT2D eigenvalue weighted by molar-refractivity contribution is 5.92. The van der Waals surface area contributed by atoms with Crippen molar-refractivity contribution in [2.24, 2.45) is 0 Å². The van der Waals surface area contributed by atoms with Gasteiger partial charge in [0.05, 0.1) is 5.69 Å². The Morgan fingerprint density at radius 3 is 2.83 bits per heavy atom. The Kier molecular flexibility index (Phi) is 3.70. The van der Waals surface area contributed by atoms with Crippen LogP contribution in [0.1, 0.15) is 41.4 Å². The van der Waals surface area contributed by atoms with E-state index < -0.39 is 11.6 Å². The predicted octanol–water partition coefficient (Wildman–Crippen LogP) is 2.57. The molecule has 1 amide bonds. The minimum absolute atomic E-state index is 0.0805. The van der Waals surface area contributed by atoms with Gasteiger partial charge in [-0.25, -0.2) is 8.78 Å². The average molecular weight is 332 g/mol. The molecule has 7 heteroatoms. The summed E-state index contributed by atoms with van der Waals surface area (Å²) in [6, 6.07) is 5.28. The molecule has 2 aliphatic rings. The number of hydrogen-bond donors (Lipinski definition) is 2. The number of anilines is 1. The number of halogens is 2. The number of amides is 1. The summed E-state index contributed by atoms with van der Waals surface area (Å²) in [6.07, 6.45) is 3.00. The molecule has 4 rings (SSSR count). The maximum atomic E-state index is 13.9. The first-order valence-electron chi connectivity index (χ1n) is 8.16. The molecule has 1 atom stereocenters. The molecule has 2 fully saturated rings. The lowest BCUT2D eigenvalue weighted by Crippen LogP contribution is -2.37. The van der Waals surface area contributed by atoms with Crippen molar-refractivity contribution >= 4 is 11.6 Å². The quantitative estimate of drug-likeness (QED) is 0.905. The number of benzene rings is 1. The molecule has 0 spiro atoms. The molecule has 5 nitrogen and oxygen atoms in total. The number of hydrogen-bond acceptors (Lipinski definition) is 3. The molecule has 0 unspecified atom stereocenters. The van der Waals surface area contributed by atoms with Crippen LogP contribution in [0.5, 0.6) is 0 Å². The second kappa shape index (κ2) is 5.89. The second-order valence-electron chi connectivity index (χ2n) is 6.48. The van der Waals surface area contributed by atoms with E-state index in [9.17, 15) is 13.6 Å². The van der Waals surface area contributed by atoms with Gasteiger partial charge >= 0.3 is 0 Å². The van der Waals surface area contributed by atoms with Gasteiger partial charge in [0, 0.05) is 36.8 Å². The van der Waals surface area contributed by atoms with Crippen LogP contribution < -0.4 is 10.2 Å². The van der Waals surface area contributed by atoms with Crippen LogP contribution in [0.2, 0.25) is 0 Å². The molecular weight excluding hydrogens is 314 g/mol. The SMILES string of the molecule is O=C(N[C@H]1CCN(c2ccc(F)cc2F)C1)c1cc(C2CC2)[nH]n1. The maximum absolute atomic E-state index is 13.9. The monoisotopic (exact) mass is 332 g/mol. The number of nitrogens with one attached hydrogen (secondary N) is 2. The van der Waals surface area contributed by atoms with Crippen molar-refractivity contribution in [1.29, 1.82) is 0 Å². The highest BCUT2D eigenvalue weighted by atomic mass is 19.1. The fraction of sp³-hybridized carbons (Fsp3) is 0.412. The van der Waals surface area contributed by atoms with Gasteiger partial charge in [0.25, 0.3) is 5.91 Å². The summed E-state index contributed by atoms with van der Waals surface area (Å²) < 4.78 is 26.9. The summed E-state index contributed by atoms with van der Waals surface area (Å²) >= 11 is 0. The highest BCUT2D eigenvalue weighted by Gasteiger charge is 2.29. The van der Waals surface area contributed by atoms with Crippen LogP contribution in [0.4, 0.5) is 14.5 Å². The van der Waals surface area contributed by atoms with Gasteiger partial charge in [-0.2, -0.15) is 5.10 Å². The number of H-pyrrole nitrogens is 1. The molecular formula is C17H18F2N4O. The summed E-state index contributed by atoms with van der Waals surface area (Å²) in [5.41, 5.74) is 1.77. The molecule has 24 heavy (non-hydrogen) atoms. The fourth-order valence-electron chi connectivity index (χ4n) is 3.15. The van der Waals surface area contributed by atoms with E-state index in [2.05, 4.69) is 15.5 Å². The summed E-state index contributed by atoms with van der Waals surface area (Å²) in [7, 11) is 0. The third-order valence-corrected chi connectivity index (χ3v) is 4.62. The zero-order valence-electron chi connectivity index (χ0n) is 13.1. The molecule has 1 aromatic carbocycles. The van der Waals surface area contributed by atoms with Gasteiger partial charge in [0.15, 0.2) is 0 Å². The van der Waals surface area contributed by atoms with Crippen LogP contribution in [0, 0.1) is 11.6 Å². The Balaban J connectivity index is 1.38. The van der Waals surface area contributed by atoms with Crippen molar-refractivity contribution in [1.82, 2.24) is 15.5 Å². The topological polar surface area (TPSA) is 61.0 Å². The van der Waals surface area contributed by atoms with Crippen molar-refractivity contribution in [3.8, 4) is 0 Å². The number of carbonyl (C=O) groups is 1. The van der Waals surface area contributed by atoms with E-state index in [1.165, 1.54) is 12.1 Å². The summed E-state index contributed by atoms with van der Waals surface area (Å²) in [6.45, 7) is 1.11. The molecule has 2 N–H and O–H groups in total. The molecule has 1 saturated carbocycles. The van der Waals surface area contributed by atoms with Gasteiger partial charge in [-0.3, -0.25) is 9.89 Å². The number of nitrogens with zero attached hydrogens (tertiary/aromatic N) is 2. The van der Waals surface area contributed by atoms with Crippen LogP contribution in [-0.4, -0.2) is 35.2 Å². The maximum Gasteiger partial charge on any atom is 0.272 e. The van der Waals surface area contributed by atoms with Gasteiger partial charge in [-0.15, -0.1) is 0 Å². The van der Waals surface area contributed by atoms with Crippen molar-refractivity contribution in [2.75, 3.05) is 18.0 Å². The molecule has 1 aromatic heterocycles. The van der Waals surface area contributed by atoms with Gasteiger partial charge in [-0.05, 0) is 37.5 Å². The third kappa shape index (κ3) is 2.98. The van der Waals surface area contributed by atoms with Crippen LogP contribution in [0.15, 0.2) is 24.3 Å². The minimum Gasteiger partial charge on any atom is -0.367 e. The summed E-state index contributed by atoms with van der Waals surface area (Å²) in [5.74, 6) is -0.874. The van der Waals surface area contributed by atoms with Crippen molar-refractivity contribution in [3.05, 3.63) is 47.3 Å². The van der Waals surface area contributed by atoms with Crippen LogP contribution in [0.3, 0.4) is 0 Å². The Morgan fingerprint density at radius 2 is 2.08 bits per heavy atom. The fourth-order valence-corrected chi connectivity index (χ4v) is 3.15. The molecule has 2 aromatic rings. The summed E-state index contributed by atoms with van der Waals surface area (Å²) in [4.78, 5) is 14.1. The Hall–Kier alpha value is -2.44. The van der Waals surface area contributed by atoms with Gasteiger partial charge in [0.1, 0.15) is 17.3 Å². The van der Waals surface area contributed by atoms with Gasteiger partial charge < -0.3 is 10.2 Å². The van der Waals surface area contributed by atoms with E-state index in [1.807, 2.05) is 4.90 Å². The summed E-state index contributed by atoms with van der Waals surface area (Å²) in [5, 5.41) is 9.92. The third-order valence-electron chi connectivity index (χ3n) is 4.62. The molecule has 1 aliphatic heterocycles. The van der Waals surface area contributed by atoms with Gasteiger partial charge in [-0.1, -0.05) is 0 Å². The number of rotatable bonds is 4. The standard InChI is InChI=1S/C17H18F2N4O/c18-11-3-4-16(13(19)7-11)23-6-5-12(9-23)20-17(24)15-8-14(21-22-15)10-1-2-10/h3-4,7-8,10,12H,1-2,5-6,9H2,(H,20,24)(H,21,22)/t12-/m0/s1. The minimum atomic E-state index is -0.592. The van der Waals surface area contributed by atoms with E-state index in [1.54, 1.807) is 6.07 Å². The zero-order valence-corrected chi connectivity index (χ0v) is 13.1. The zero-order chi connectivity index (χ0) is 16.7. The molecule has 1 aliphatic carbocycles. The smallest absolute Gasteiger partial charge is 0.272 e. The number of carbonyl (C=O) groups excluding carboxylic acids is 1. The molecule has 0 radical (unpaired) electrons. The molecule has 1 saturated heterocycles. The number of aromatic amines is 1. The first kappa shape index (κ1) is 15.1.